The van der Waals surface area contributed by atoms with Crippen molar-refractivity contribution in [1.29, 1.82) is 0 Å². The van der Waals surface area contributed by atoms with Crippen molar-refractivity contribution in [2.45, 2.75) is 37.9 Å². The van der Waals surface area contributed by atoms with Crippen molar-refractivity contribution in [3.63, 3.8) is 0 Å². The molecule has 102 valence electrons. The van der Waals surface area contributed by atoms with Gasteiger partial charge in [-0.2, -0.15) is 0 Å². The van der Waals surface area contributed by atoms with E-state index in [-0.39, 0.29) is 11.2 Å². The Kier molecular flexibility index (Phi) is 3.72. The molecule has 0 aromatic carbocycles. The van der Waals surface area contributed by atoms with Crippen LogP contribution in [0.25, 0.3) is 0 Å². The molecule has 2 rings (SSSR count). The molecule has 1 aromatic heterocycles. The van der Waals surface area contributed by atoms with Gasteiger partial charge in [0, 0.05) is 26.1 Å². The van der Waals surface area contributed by atoms with Crippen molar-refractivity contribution in [3.8, 4) is 0 Å². The molecule has 0 N–H and O–H groups in total. The number of piperidine rings is 1. The van der Waals surface area contributed by atoms with Crippen LogP contribution in [0.3, 0.4) is 0 Å². The molecule has 0 radical (unpaired) electrons. The van der Waals surface area contributed by atoms with Gasteiger partial charge in [0.25, 0.3) is 0 Å². The van der Waals surface area contributed by atoms with Crippen molar-refractivity contribution >= 4 is 10.0 Å². The zero-order valence-corrected chi connectivity index (χ0v) is 11.9. The molecule has 1 aliphatic heterocycles. The first-order valence-corrected chi connectivity index (χ1v) is 7.76. The molecular weight excluding hydrogens is 252 g/mol. The Morgan fingerprint density at radius 1 is 1.44 bits per heavy atom. The molecule has 2 heterocycles. The molecule has 0 aliphatic carbocycles. The molecule has 1 aromatic rings. The zero-order chi connectivity index (χ0) is 13.3. The summed E-state index contributed by atoms with van der Waals surface area (Å²) in [6.45, 7) is 4.59. The fourth-order valence-corrected chi connectivity index (χ4v) is 3.71. The van der Waals surface area contributed by atoms with Crippen LogP contribution in [-0.2, 0) is 17.1 Å². The average molecular weight is 272 g/mol. The molecule has 1 fully saturated rings. The van der Waals surface area contributed by atoms with Crippen LogP contribution in [0.2, 0.25) is 0 Å². The number of hydrogen-bond donors (Lipinski definition) is 0. The smallest absolute Gasteiger partial charge is 0.216 e. The predicted molar refractivity (Wildman–Crippen MR) is 68.6 cm³/mol. The van der Waals surface area contributed by atoms with Gasteiger partial charge in [-0.3, -0.25) is 0 Å². The molecule has 0 spiro atoms. The maximum atomic E-state index is 12.2. The summed E-state index contributed by atoms with van der Waals surface area (Å²) in [5, 5.41) is 7.59. The second-order valence-corrected chi connectivity index (χ2v) is 7.58. The zero-order valence-electron chi connectivity index (χ0n) is 11.1. The molecule has 1 aliphatic rings. The second kappa shape index (κ2) is 4.97. The number of sulfonamides is 1. The Hall–Kier alpha value is -0.950. The van der Waals surface area contributed by atoms with Gasteiger partial charge in [-0.1, -0.05) is 0 Å². The fourth-order valence-electron chi connectivity index (χ4n) is 2.34. The largest absolute Gasteiger partial charge is 0.320 e. The van der Waals surface area contributed by atoms with Gasteiger partial charge in [-0.25, -0.2) is 12.7 Å². The minimum absolute atomic E-state index is 0.153. The van der Waals surface area contributed by atoms with Crippen LogP contribution in [-0.4, -0.2) is 45.8 Å². The minimum atomic E-state index is -3.16. The number of aromatic nitrogens is 3. The maximum Gasteiger partial charge on any atom is 0.216 e. The fraction of sp³-hybridized carbons (Fsp3) is 0.818. The molecule has 1 unspecified atom stereocenters. The Morgan fingerprint density at radius 2 is 2.17 bits per heavy atom. The van der Waals surface area contributed by atoms with Gasteiger partial charge in [-0.15, -0.1) is 10.2 Å². The first-order valence-electron chi connectivity index (χ1n) is 6.25. The van der Waals surface area contributed by atoms with Crippen LogP contribution in [0.1, 0.15) is 38.4 Å². The third-order valence-electron chi connectivity index (χ3n) is 3.45. The first kappa shape index (κ1) is 13.5. The molecule has 18 heavy (non-hydrogen) atoms. The van der Waals surface area contributed by atoms with Gasteiger partial charge in [0.05, 0.1) is 5.25 Å². The van der Waals surface area contributed by atoms with E-state index in [0.717, 1.165) is 18.7 Å². The summed E-state index contributed by atoms with van der Waals surface area (Å²) in [7, 11) is -1.27. The van der Waals surface area contributed by atoms with E-state index in [0.29, 0.717) is 13.1 Å². The van der Waals surface area contributed by atoms with Crippen molar-refractivity contribution in [3.05, 3.63) is 12.2 Å². The Labute approximate surface area is 108 Å². The lowest BCUT2D eigenvalue weighted by Crippen LogP contribution is -2.42. The van der Waals surface area contributed by atoms with Crippen LogP contribution in [0.15, 0.2) is 6.33 Å². The number of aryl methyl sites for hydroxylation is 1. The van der Waals surface area contributed by atoms with E-state index in [1.807, 2.05) is 11.6 Å². The van der Waals surface area contributed by atoms with Crippen molar-refractivity contribution in [2.75, 3.05) is 13.1 Å². The molecule has 1 saturated heterocycles. The Bertz CT molecular complexity index is 509. The molecule has 7 heteroatoms. The van der Waals surface area contributed by atoms with E-state index >= 15 is 0 Å². The molecule has 1 atom stereocenters. The summed E-state index contributed by atoms with van der Waals surface area (Å²) in [5.74, 6) is 1.03. The van der Waals surface area contributed by atoms with E-state index in [2.05, 4.69) is 10.2 Å². The maximum absolute atomic E-state index is 12.2. The highest BCUT2D eigenvalue weighted by Gasteiger charge is 2.33. The van der Waals surface area contributed by atoms with Crippen LogP contribution in [0.5, 0.6) is 0 Å². The minimum Gasteiger partial charge on any atom is -0.320 e. The van der Waals surface area contributed by atoms with E-state index < -0.39 is 10.0 Å². The topological polar surface area (TPSA) is 68.1 Å². The van der Waals surface area contributed by atoms with Crippen LogP contribution >= 0.6 is 0 Å². The Morgan fingerprint density at radius 3 is 2.72 bits per heavy atom. The summed E-state index contributed by atoms with van der Waals surface area (Å²) < 4.78 is 27.8. The van der Waals surface area contributed by atoms with Crippen molar-refractivity contribution in [2.24, 2.45) is 7.05 Å². The first-order chi connectivity index (χ1) is 8.43. The number of nitrogens with zero attached hydrogens (tertiary/aromatic N) is 4. The van der Waals surface area contributed by atoms with Crippen LogP contribution < -0.4 is 0 Å². The highest BCUT2D eigenvalue weighted by atomic mass is 32.2. The van der Waals surface area contributed by atoms with Gasteiger partial charge in [0.15, 0.2) is 0 Å². The SMILES string of the molecule is CC(C)S(=O)(=O)N1CCCC(c2nncn2C)C1. The predicted octanol–water partition coefficient (Wildman–Crippen LogP) is 0.733. The highest BCUT2D eigenvalue weighted by Crippen LogP contribution is 2.27. The van der Waals surface area contributed by atoms with Crippen molar-refractivity contribution < 1.29 is 8.42 Å². The van der Waals surface area contributed by atoms with Crippen LogP contribution in [0.4, 0.5) is 0 Å². The quantitative estimate of drug-likeness (QED) is 0.813. The van der Waals surface area contributed by atoms with E-state index in [4.69, 9.17) is 0 Å². The van der Waals surface area contributed by atoms with E-state index in [9.17, 15) is 8.42 Å². The Balaban J connectivity index is 2.18. The number of hydrogen-bond acceptors (Lipinski definition) is 4. The molecule has 0 bridgehead atoms. The molecular formula is C11H20N4O2S. The second-order valence-electron chi connectivity index (χ2n) is 5.09. The van der Waals surface area contributed by atoms with Crippen molar-refractivity contribution in [1.82, 2.24) is 19.1 Å². The van der Waals surface area contributed by atoms with Gasteiger partial charge < -0.3 is 4.57 Å². The highest BCUT2D eigenvalue weighted by molar-refractivity contribution is 7.89. The molecule has 6 nitrogen and oxygen atoms in total. The lowest BCUT2D eigenvalue weighted by atomic mass is 9.99. The summed E-state index contributed by atoms with van der Waals surface area (Å²) >= 11 is 0. The lowest BCUT2D eigenvalue weighted by molar-refractivity contribution is 0.304. The third-order valence-corrected chi connectivity index (χ3v) is 5.69. The van der Waals surface area contributed by atoms with Gasteiger partial charge >= 0.3 is 0 Å². The lowest BCUT2D eigenvalue weighted by Gasteiger charge is -2.32. The normalized spacial score (nSPS) is 22.6. The van der Waals surface area contributed by atoms with E-state index in [1.165, 1.54) is 0 Å². The molecule has 0 amide bonds. The number of rotatable bonds is 3. The monoisotopic (exact) mass is 272 g/mol. The van der Waals surface area contributed by atoms with Gasteiger partial charge in [0.1, 0.15) is 12.2 Å². The summed E-state index contributed by atoms with van der Waals surface area (Å²) in [5.41, 5.74) is 0. The van der Waals surface area contributed by atoms with Crippen LogP contribution in [0, 0.1) is 0 Å². The third kappa shape index (κ3) is 2.42. The average Bonchev–Trinajstić information content (AvgIpc) is 2.75. The van der Waals surface area contributed by atoms with E-state index in [1.54, 1.807) is 24.5 Å². The standard InChI is InChI=1S/C11H20N4O2S/c1-9(2)18(16,17)15-6-4-5-10(7-15)11-13-12-8-14(11)3/h8-10H,4-7H2,1-3H3. The summed E-state index contributed by atoms with van der Waals surface area (Å²) in [6.07, 6.45) is 3.51. The van der Waals surface area contributed by atoms with Gasteiger partial charge in [-0.05, 0) is 26.7 Å². The molecule has 0 saturated carbocycles. The summed E-state index contributed by atoms with van der Waals surface area (Å²) in [6, 6.07) is 0. The summed E-state index contributed by atoms with van der Waals surface area (Å²) in [4.78, 5) is 0. The van der Waals surface area contributed by atoms with Gasteiger partial charge in [0.2, 0.25) is 10.0 Å².